The third-order valence-corrected chi connectivity index (χ3v) is 3.88. The van der Waals surface area contributed by atoms with Gasteiger partial charge in [-0.3, -0.25) is 0 Å². The van der Waals surface area contributed by atoms with Gasteiger partial charge in [0.25, 0.3) is 0 Å². The summed E-state index contributed by atoms with van der Waals surface area (Å²) in [7, 11) is 0. The SMILES string of the molecule is CC(C)C[C@H](O)C(O)[C@@H](N)CC1CCCCC1. The Bertz CT molecular complexity index is 202. The average molecular weight is 243 g/mol. The second kappa shape index (κ2) is 7.34. The summed E-state index contributed by atoms with van der Waals surface area (Å²) in [6, 6.07) is -0.271. The van der Waals surface area contributed by atoms with Gasteiger partial charge in [0, 0.05) is 6.04 Å². The van der Waals surface area contributed by atoms with Crippen LogP contribution in [0.3, 0.4) is 0 Å². The molecular formula is C14H29NO2. The molecule has 0 heterocycles. The first-order valence-electron chi connectivity index (χ1n) is 7.12. The van der Waals surface area contributed by atoms with Crippen LogP contribution >= 0.6 is 0 Å². The van der Waals surface area contributed by atoms with Crippen LogP contribution in [0, 0.1) is 11.8 Å². The third-order valence-electron chi connectivity index (χ3n) is 3.88. The van der Waals surface area contributed by atoms with Crippen LogP contribution in [0.5, 0.6) is 0 Å². The van der Waals surface area contributed by atoms with Crippen LogP contribution < -0.4 is 5.73 Å². The van der Waals surface area contributed by atoms with Gasteiger partial charge < -0.3 is 15.9 Å². The minimum absolute atomic E-state index is 0.271. The van der Waals surface area contributed by atoms with E-state index in [0.29, 0.717) is 18.3 Å². The highest BCUT2D eigenvalue weighted by atomic mass is 16.3. The number of hydrogen-bond donors (Lipinski definition) is 3. The van der Waals surface area contributed by atoms with Crippen LogP contribution in [-0.4, -0.2) is 28.5 Å². The van der Waals surface area contributed by atoms with Crippen molar-refractivity contribution >= 4 is 0 Å². The molecule has 3 nitrogen and oxygen atoms in total. The van der Waals surface area contributed by atoms with Gasteiger partial charge in [-0.25, -0.2) is 0 Å². The number of hydrogen-bond acceptors (Lipinski definition) is 3. The molecule has 0 aromatic heterocycles. The van der Waals surface area contributed by atoms with E-state index < -0.39 is 12.2 Å². The quantitative estimate of drug-likeness (QED) is 0.669. The van der Waals surface area contributed by atoms with Crippen LogP contribution in [0.1, 0.15) is 58.8 Å². The van der Waals surface area contributed by atoms with E-state index in [0.717, 1.165) is 6.42 Å². The van der Waals surface area contributed by atoms with E-state index in [-0.39, 0.29) is 6.04 Å². The maximum atomic E-state index is 9.99. The highest BCUT2D eigenvalue weighted by molar-refractivity contribution is 4.82. The first-order chi connectivity index (χ1) is 8.00. The van der Waals surface area contributed by atoms with Gasteiger partial charge in [0.1, 0.15) is 0 Å². The lowest BCUT2D eigenvalue weighted by molar-refractivity contribution is -0.0117. The molecule has 4 N–H and O–H groups in total. The van der Waals surface area contributed by atoms with Crippen molar-refractivity contribution in [2.75, 3.05) is 0 Å². The Morgan fingerprint density at radius 2 is 1.71 bits per heavy atom. The summed E-state index contributed by atoms with van der Waals surface area (Å²) in [5, 5.41) is 19.8. The lowest BCUT2D eigenvalue weighted by Gasteiger charge is -2.29. The summed E-state index contributed by atoms with van der Waals surface area (Å²) in [6.45, 7) is 4.09. The van der Waals surface area contributed by atoms with Gasteiger partial charge in [-0.05, 0) is 24.7 Å². The predicted molar refractivity (Wildman–Crippen MR) is 70.6 cm³/mol. The van der Waals surface area contributed by atoms with E-state index in [1.807, 2.05) is 13.8 Å². The molecule has 0 spiro atoms. The second-order valence-corrected chi connectivity index (χ2v) is 6.09. The molecule has 1 fully saturated rings. The van der Waals surface area contributed by atoms with Crippen molar-refractivity contribution in [3.63, 3.8) is 0 Å². The summed E-state index contributed by atoms with van der Waals surface area (Å²) < 4.78 is 0. The average Bonchev–Trinajstić information content (AvgIpc) is 2.28. The largest absolute Gasteiger partial charge is 0.390 e. The molecule has 1 saturated carbocycles. The van der Waals surface area contributed by atoms with Crippen molar-refractivity contribution in [3.05, 3.63) is 0 Å². The van der Waals surface area contributed by atoms with Crippen molar-refractivity contribution in [1.29, 1.82) is 0 Å². The van der Waals surface area contributed by atoms with E-state index >= 15 is 0 Å². The molecule has 0 aromatic rings. The van der Waals surface area contributed by atoms with Crippen molar-refractivity contribution in [3.8, 4) is 0 Å². The minimum atomic E-state index is -0.765. The molecule has 1 unspecified atom stereocenters. The molecule has 1 rings (SSSR count). The Balaban J connectivity index is 2.31. The van der Waals surface area contributed by atoms with Crippen LogP contribution in [0.2, 0.25) is 0 Å². The summed E-state index contributed by atoms with van der Waals surface area (Å²) in [5.41, 5.74) is 6.01. The molecule has 0 radical (unpaired) electrons. The zero-order valence-corrected chi connectivity index (χ0v) is 11.3. The highest BCUT2D eigenvalue weighted by Crippen LogP contribution is 2.28. The van der Waals surface area contributed by atoms with Gasteiger partial charge in [-0.15, -0.1) is 0 Å². The summed E-state index contributed by atoms with van der Waals surface area (Å²) >= 11 is 0. The van der Waals surface area contributed by atoms with Gasteiger partial charge in [0.15, 0.2) is 0 Å². The smallest absolute Gasteiger partial charge is 0.0949 e. The Morgan fingerprint density at radius 1 is 1.12 bits per heavy atom. The molecule has 3 atom stereocenters. The molecule has 102 valence electrons. The maximum absolute atomic E-state index is 9.99. The van der Waals surface area contributed by atoms with Gasteiger partial charge in [0.05, 0.1) is 12.2 Å². The molecule has 0 aliphatic heterocycles. The fourth-order valence-electron chi connectivity index (χ4n) is 2.85. The Kier molecular flexibility index (Phi) is 6.45. The van der Waals surface area contributed by atoms with Crippen molar-refractivity contribution in [2.24, 2.45) is 17.6 Å². The van der Waals surface area contributed by atoms with Gasteiger partial charge in [-0.2, -0.15) is 0 Å². The van der Waals surface area contributed by atoms with Crippen molar-refractivity contribution < 1.29 is 10.2 Å². The fraction of sp³-hybridized carbons (Fsp3) is 1.00. The van der Waals surface area contributed by atoms with E-state index in [2.05, 4.69) is 0 Å². The first kappa shape index (κ1) is 14.9. The highest BCUT2D eigenvalue weighted by Gasteiger charge is 2.26. The predicted octanol–water partition coefficient (Wildman–Crippen LogP) is 2.05. The molecule has 17 heavy (non-hydrogen) atoms. The zero-order valence-electron chi connectivity index (χ0n) is 11.3. The van der Waals surface area contributed by atoms with E-state index in [9.17, 15) is 10.2 Å². The van der Waals surface area contributed by atoms with Crippen molar-refractivity contribution in [1.82, 2.24) is 0 Å². The first-order valence-corrected chi connectivity index (χ1v) is 7.12. The normalized spacial score (nSPS) is 23.6. The number of rotatable bonds is 6. The van der Waals surface area contributed by atoms with E-state index in [1.165, 1.54) is 32.1 Å². The zero-order chi connectivity index (χ0) is 12.8. The van der Waals surface area contributed by atoms with Gasteiger partial charge in [-0.1, -0.05) is 46.0 Å². The molecule has 1 aliphatic carbocycles. The Hall–Kier alpha value is -0.120. The lowest BCUT2D eigenvalue weighted by Crippen LogP contribution is -2.44. The standard InChI is InChI=1S/C14H29NO2/c1-10(2)8-13(16)14(17)12(15)9-11-6-4-3-5-7-11/h10-14,16-17H,3-9,15H2,1-2H3/t12-,13-,14?/m0/s1. The molecule has 0 amide bonds. The molecule has 0 aromatic carbocycles. The van der Waals surface area contributed by atoms with Crippen LogP contribution in [-0.2, 0) is 0 Å². The molecular weight excluding hydrogens is 214 g/mol. The van der Waals surface area contributed by atoms with Gasteiger partial charge >= 0.3 is 0 Å². The van der Waals surface area contributed by atoms with E-state index in [4.69, 9.17) is 5.73 Å². The Morgan fingerprint density at radius 3 is 2.24 bits per heavy atom. The van der Waals surface area contributed by atoms with Crippen molar-refractivity contribution in [2.45, 2.75) is 77.0 Å². The summed E-state index contributed by atoms with van der Waals surface area (Å²) in [4.78, 5) is 0. The Labute approximate surface area is 105 Å². The number of nitrogens with two attached hydrogens (primary N) is 1. The monoisotopic (exact) mass is 243 g/mol. The molecule has 0 saturated heterocycles. The fourth-order valence-corrected chi connectivity index (χ4v) is 2.85. The summed E-state index contributed by atoms with van der Waals surface area (Å²) in [6.07, 6.45) is 6.44. The van der Waals surface area contributed by atoms with Crippen LogP contribution in [0.15, 0.2) is 0 Å². The van der Waals surface area contributed by atoms with E-state index in [1.54, 1.807) is 0 Å². The molecule has 1 aliphatic rings. The third kappa shape index (κ3) is 5.36. The molecule has 0 bridgehead atoms. The minimum Gasteiger partial charge on any atom is -0.390 e. The van der Waals surface area contributed by atoms with Crippen LogP contribution in [0.4, 0.5) is 0 Å². The van der Waals surface area contributed by atoms with Crippen LogP contribution in [0.25, 0.3) is 0 Å². The second-order valence-electron chi connectivity index (χ2n) is 6.09. The van der Waals surface area contributed by atoms with Gasteiger partial charge in [0.2, 0.25) is 0 Å². The number of aliphatic hydroxyl groups excluding tert-OH is 2. The number of aliphatic hydroxyl groups is 2. The molecule has 3 heteroatoms. The maximum Gasteiger partial charge on any atom is 0.0949 e. The lowest BCUT2D eigenvalue weighted by atomic mass is 9.83. The summed E-state index contributed by atoms with van der Waals surface area (Å²) in [5.74, 6) is 1.04. The topological polar surface area (TPSA) is 66.5 Å².